The van der Waals surface area contributed by atoms with Crippen LogP contribution in [0.4, 0.5) is 0 Å². The summed E-state index contributed by atoms with van der Waals surface area (Å²) in [6.07, 6.45) is 0. The van der Waals surface area contributed by atoms with Gasteiger partial charge in [-0.2, -0.15) is 5.26 Å². The van der Waals surface area contributed by atoms with Crippen molar-refractivity contribution in [1.82, 2.24) is 9.55 Å². The molecular formula is C20H22ClN3OSi. The van der Waals surface area contributed by atoms with Crippen LogP contribution in [0.3, 0.4) is 0 Å². The summed E-state index contributed by atoms with van der Waals surface area (Å²) < 4.78 is 7.97. The van der Waals surface area contributed by atoms with Gasteiger partial charge in [0.05, 0.1) is 17.3 Å². The van der Waals surface area contributed by atoms with E-state index in [0.29, 0.717) is 17.4 Å². The number of hydrogen-bond donors (Lipinski definition) is 0. The number of aromatic nitrogens is 2. The molecule has 2 aromatic heterocycles. The third kappa shape index (κ3) is 4.16. The number of ether oxygens (including phenoxy) is 1. The average Bonchev–Trinajstić information content (AvgIpc) is 2.95. The van der Waals surface area contributed by atoms with Gasteiger partial charge in [0, 0.05) is 25.6 Å². The molecule has 0 fully saturated rings. The van der Waals surface area contributed by atoms with Crippen LogP contribution >= 0.6 is 11.6 Å². The lowest BCUT2D eigenvalue weighted by Gasteiger charge is -2.17. The number of pyridine rings is 1. The van der Waals surface area contributed by atoms with E-state index >= 15 is 0 Å². The number of benzene rings is 1. The van der Waals surface area contributed by atoms with Gasteiger partial charge in [-0.05, 0) is 30.3 Å². The third-order valence-electron chi connectivity index (χ3n) is 4.25. The fraction of sp³-hybridized carbons (Fsp3) is 0.300. The zero-order valence-corrected chi connectivity index (χ0v) is 17.0. The van der Waals surface area contributed by atoms with Crippen molar-refractivity contribution in [3.05, 3.63) is 53.2 Å². The van der Waals surface area contributed by atoms with Crippen molar-refractivity contribution in [2.24, 2.45) is 0 Å². The SMILES string of the molecule is C[Si](C)(C)CCOCn1c(-c2ccccc2C#N)cc2ccc(Cl)nc21. The largest absolute Gasteiger partial charge is 0.361 e. The molecule has 6 heteroatoms. The maximum Gasteiger partial charge on any atom is 0.144 e. The Hall–Kier alpha value is -2.13. The minimum Gasteiger partial charge on any atom is -0.361 e. The van der Waals surface area contributed by atoms with Crippen LogP contribution in [-0.4, -0.2) is 24.2 Å². The van der Waals surface area contributed by atoms with E-state index in [9.17, 15) is 5.26 Å². The van der Waals surface area contributed by atoms with Gasteiger partial charge in [0.1, 0.15) is 17.5 Å². The minimum absolute atomic E-state index is 0.385. The number of nitriles is 1. The Morgan fingerprint density at radius 2 is 1.96 bits per heavy atom. The molecule has 134 valence electrons. The number of halogens is 1. The number of nitrogens with zero attached hydrogens (tertiary/aromatic N) is 3. The van der Waals surface area contributed by atoms with Gasteiger partial charge in [0.2, 0.25) is 0 Å². The first-order chi connectivity index (χ1) is 12.4. The summed E-state index contributed by atoms with van der Waals surface area (Å²) in [6.45, 7) is 8.09. The van der Waals surface area contributed by atoms with Crippen molar-refractivity contribution >= 4 is 30.7 Å². The van der Waals surface area contributed by atoms with Crippen molar-refractivity contribution in [2.45, 2.75) is 32.4 Å². The van der Waals surface area contributed by atoms with Crippen LogP contribution in [0.25, 0.3) is 22.3 Å². The summed E-state index contributed by atoms with van der Waals surface area (Å²) in [7, 11) is -1.15. The molecule has 2 heterocycles. The molecule has 1 aromatic carbocycles. The quantitative estimate of drug-likeness (QED) is 0.319. The third-order valence-corrected chi connectivity index (χ3v) is 6.16. The highest BCUT2D eigenvalue weighted by molar-refractivity contribution is 6.76. The molecule has 0 aliphatic carbocycles. The van der Waals surface area contributed by atoms with Gasteiger partial charge in [-0.25, -0.2) is 4.98 Å². The lowest BCUT2D eigenvalue weighted by molar-refractivity contribution is 0.0909. The molecular weight excluding hydrogens is 362 g/mol. The van der Waals surface area contributed by atoms with Crippen molar-refractivity contribution in [1.29, 1.82) is 5.26 Å². The standard InChI is InChI=1S/C20H22ClN3OSi/c1-26(2,3)11-10-25-14-24-18(17-7-5-4-6-16(17)13-22)12-15-8-9-19(21)23-20(15)24/h4-9,12H,10-11,14H2,1-3H3. The lowest BCUT2D eigenvalue weighted by Crippen LogP contribution is -2.22. The molecule has 0 radical (unpaired) electrons. The summed E-state index contributed by atoms with van der Waals surface area (Å²) in [4.78, 5) is 4.48. The molecule has 0 spiro atoms. The summed E-state index contributed by atoms with van der Waals surface area (Å²) >= 11 is 6.11. The molecule has 0 amide bonds. The number of rotatable bonds is 6. The molecule has 3 aromatic rings. The van der Waals surface area contributed by atoms with E-state index in [2.05, 4.69) is 30.7 Å². The smallest absolute Gasteiger partial charge is 0.144 e. The average molecular weight is 384 g/mol. The number of hydrogen-bond acceptors (Lipinski definition) is 3. The van der Waals surface area contributed by atoms with Gasteiger partial charge >= 0.3 is 0 Å². The van der Waals surface area contributed by atoms with Crippen LogP contribution in [0.5, 0.6) is 0 Å². The van der Waals surface area contributed by atoms with E-state index in [0.717, 1.165) is 34.9 Å². The Labute approximate surface area is 160 Å². The Morgan fingerprint density at radius 1 is 1.19 bits per heavy atom. The molecule has 3 rings (SSSR count). The molecule has 0 atom stereocenters. The van der Waals surface area contributed by atoms with Crippen LogP contribution < -0.4 is 0 Å². The van der Waals surface area contributed by atoms with Gasteiger partial charge < -0.3 is 9.30 Å². The highest BCUT2D eigenvalue weighted by Crippen LogP contribution is 2.30. The van der Waals surface area contributed by atoms with Gasteiger partial charge in [-0.1, -0.05) is 49.4 Å². The Morgan fingerprint density at radius 3 is 2.69 bits per heavy atom. The van der Waals surface area contributed by atoms with Crippen molar-refractivity contribution in [3.63, 3.8) is 0 Å². The molecule has 26 heavy (non-hydrogen) atoms. The topological polar surface area (TPSA) is 50.8 Å². The molecule has 0 aliphatic rings. The fourth-order valence-corrected chi connectivity index (χ4v) is 3.70. The Kier molecular flexibility index (Phi) is 5.47. The maximum absolute atomic E-state index is 9.47. The van der Waals surface area contributed by atoms with E-state index in [1.54, 1.807) is 6.07 Å². The normalized spacial score (nSPS) is 11.7. The van der Waals surface area contributed by atoms with E-state index in [4.69, 9.17) is 16.3 Å². The second-order valence-corrected chi connectivity index (χ2v) is 13.5. The van der Waals surface area contributed by atoms with Crippen molar-refractivity contribution < 1.29 is 4.74 Å². The summed E-state index contributed by atoms with van der Waals surface area (Å²) in [5.74, 6) is 0. The zero-order chi connectivity index (χ0) is 18.7. The number of fused-ring (bicyclic) bond motifs is 1. The molecule has 0 saturated heterocycles. The summed E-state index contributed by atoms with van der Waals surface area (Å²) in [6, 6.07) is 16.7. The molecule has 0 bridgehead atoms. The van der Waals surface area contributed by atoms with Crippen LogP contribution in [-0.2, 0) is 11.5 Å². The Balaban J connectivity index is 2.01. The zero-order valence-electron chi connectivity index (χ0n) is 15.3. The molecule has 0 N–H and O–H groups in total. The summed E-state index contributed by atoms with van der Waals surface area (Å²) in [5.41, 5.74) is 3.19. The molecule has 0 aliphatic heterocycles. The molecule has 0 saturated carbocycles. The lowest BCUT2D eigenvalue weighted by atomic mass is 10.1. The summed E-state index contributed by atoms with van der Waals surface area (Å²) in [5, 5.41) is 10.9. The Bertz CT molecular complexity index is 969. The van der Waals surface area contributed by atoms with Crippen LogP contribution in [0.1, 0.15) is 5.56 Å². The van der Waals surface area contributed by atoms with Crippen LogP contribution in [0.2, 0.25) is 30.8 Å². The van der Waals surface area contributed by atoms with Crippen molar-refractivity contribution in [3.8, 4) is 17.3 Å². The second-order valence-electron chi connectivity index (χ2n) is 7.51. The van der Waals surface area contributed by atoms with Gasteiger partial charge in [-0.15, -0.1) is 0 Å². The predicted molar refractivity (Wildman–Crippen MR) is 109 cm³/mol. The van der Waals surface area contributed by atoms with Crippen LogP contribution in [0.15, 0.2) is 42.5 Å². The highest BCUT2D eigenvalue weighted by Gasteiger charge is 2.16. The molecule has 4 nitrogen and oxygen atoms in total. The van der Waals surface area contributed by atoms with Gasteiger partial charge in [-0.3, -0.25) is 0 Å². The van der Waals surface area contributed by atoms with Crippen molar-refractivity contribution in [2.75, 3.05) is 6.61 Å². The van der Waals surface area contributed by atoms with Gasteiger partial charge in [0.15, 0.2) is 0 Å². The molecule has 0 unspecified atom stereocenters. The fourth-order valence-electron chi connectivity index (χ4n) is 2.80. The highest BCUT2D eigenvalue weighted by atomic mass is 35.5. The first-order valence-electron chi connectivity index (χ1n) is 8.62. The first kappa shape index (κ1) is 18.7. The van der Waals surface area contributed by atoms with Crippen LogP contribution in [0, 0.1) is 11.3 Å². The predicted octanol–water partition coefficient (Wildman–Crippen LogP) is 5.54. The second kappa shape index (κ2) is 7.63. The minimum atomic E-state index is -1.15. The van der Waals surface area contributed by atoms with E-state index in [1.165, 1.54) is 0 Å². The maximum atomic E-state index is 9.47. The van der Waals surface area contributed by atoms with E-state index in [-0.39, 0.29) is 0 Å². The monoisotopic (exact) mass is 383 g/mol. The van der Waals surface area contributed by atoms with Gasteiger partial charge in [0.25, 0.3) is 0 Å². The van der Waals surface area contributed by atoms with E-state index < -0.39 is 8.07 Å². The van der Waals surface area contributed by atoms with E-state index in [1.807, 2.05) is 41.0 Å². The first-order valence-corrected chi connectivity index (χ1v) is 12.7.